The molecule has 0 fully saturated rings. The van der Waals surface area contributed by atoms with Gasteiger partial charge < -0.3 is 11.1 Å². The minimum Gasteiger partial charge on any atom is -0.368 e. The number of aromatic nitrogens is 3. The smallest absolute Gasteiger partial charge is 0.228 e. The fourth-order valence-electron chi connectivity index (χ4n) is 2.61. The van der Waals surface area contributed by atoms with Crippen LogP contribution in [0.4, 0.5) is 16.3 Å². The molecular weight excluding hydrogens is 257 g/mol. The fourth-order valence-corrected chi connectivity index (χ4v) is 2.61. The number of nitrogens with one attached hydrogen (secondary N) is 1. The van der Waals surface area contributed by atoms with E-state index in [1.54, 1.807) is 19.9 Å². The average molecular weight is 273 g/mol. The predicted molar refractivity (Wildman–Crippen MR) is 74.8 cm³/mol. The van der Waals surface area contributed by atoms with Crippen LogP contribution in [0.5, 0.6) is 0 Å². The summed E-state index contributed by atoms with van der Waals surface area (Å²) in [6.07, 6.45) is 1.74. The van der Waals surface area contributed by atoms with E-state index < -0.39 is 0 Å². The van der Waals surface area contributed by atoms with Crippen molar-refractivity contribution in [2.75, 3.05) is 11.1 Å². The molecule has 0 saturated heterocycles. The maximum absolute atomic E-state index is 13.6. The van der Waals surface area contributed by atoms with Crippen molar-refractivity contribution < 1.29 is 4.39 Å². The van der Waals surface area contributed by atoms with Crippen LogP contribution >= 0.6 is 0 Å². The molecule has 0 radical (unpaired) electrons. The molecule has 104 valence electrons. The van der Waals surface area contributed by atoms with Crippen LogP contribution in [0, 0.1) is 19.7 Å². The second-order valence-corrected chi connectivity index (χ2v) is 5.10. The Morgan fingerprint density at radius 3 is 2.80 bits per heavy atom. The molecule has 3 N–H and O–H groups in total. The van der Waals surface area contributed by atoms with Crippen LogP contribution in [0.25, 0.3) is 0 Å². The zero-order valence-electron chi connectivity index (χ0n) is 11.4. The van der Waals surface area contributed by atoms with E-state index in [4.69, 9.17) is 5.73 Å². The van der Waals surface area contributed by atoms with Crippen molar-refractivity contribution in [2.24, 2.45) is 0 Å². The number of fused-ring (bicyclic) bond motifs is 1. The third kappa shape index (κ3) is 2.29. The van der Waals surface area contributed by atoms with E-state index in [0.717, 1.165) is 24.0 Å². The van der Waals surface area contributed by atoms with Gasteiger partial charge in [-0.3, -0.25) is 0 Å². The van der Waals surface area contributed by atoms with Crippen LogP contribution in [-0.2, 0) is 6.42 Å². The van der Waals surface area contributed by atoms with Gasteiger partial charge in [-0.1, -0.05) is 6.07 Å². The Hall–Kier alpha value is -2.24. The quantitative estimate of drug-likeness (QED) is 0.878. The highest BCUT2D eigenvalue weighted by atomic mass is 19.1. The topological polar surface area (TPSA) is 76.7 Å². The molecule has 0 bridgehead atoms. The molecule has 0 aliphatic heterocycles. The third-order valence-corrected chi connectivity index (χ3v) is 3.57. The Bertz CT molecular complexity index is 651. The maximum atomic E-state index is 13.6. The number of anilines is 2. The summed E-state index contributed by atoms with van der Waals surface area (Å²) in [7, 11) is 0. The molecule has 0 unspecified atom stereocenters. The van der Waals surface area contributed by atoms with Crippen LogP contribution in [-0.4, -0.2) is 15.0 Å². The molecular formula is C14H16FN5. The number of nitrogens with two attached hydrogens (primary N) is 1. The molecule has 1 aromatic heterocycles. The largest absolute Gasteiger partial charge is 0.368 e. The summed E-state index contributed by atoms with van der Waals surface area (Å²) >= 11 is 0. The van der Waals surface area contributed by atoms with Crippen LogP contribution in [0.1, 0.15) is 35.0 Å². The van der Waals surface area contributed by atoms with Gasteiger partial charge in [0, 0.05) is 0 Å². The van der Waals surface area contributed by atoms with Crippen molar-refractivity contribution in [3.63, 3.8) is 0 Å². The van der Waals surface area contributed by atoms with Gasteiger partial charge in [0.1, 0.15) is 11.6 Å². The monoisotopic (exact) mass is 273 g/mol. The Labute approximate surface area is 116 Å². The van der Waals surface area contributed by atoms with E-state index >= 15 is 0 Å². The van der Waals surface area contributed by atoms with Gasteiger partial charge in [0.25, 0.3) is 0 Å². The average Bonchev–Trinajstić information content (AvgIpc) is 2.71. The molecule has 6 heteroatoms. The van der Waals surface area contributed by atoms with Crippen molar-refractivity contribution in [1.82, 2.24) is 15.0 Å². The van der Waals surface area contributed by atoms with Gasteiger partial charge in [0.15, 0.2) is 0 Å². The van der Waals surface area contributed by atoms with Gasteiger partial charge in [0.2, 0.25) is 11.9 Å². The second kappa shape index (κ2) is 4.70. The molecule has 1 heterocycles. The standard InChI is InChI=1S/C14H16FN5/c1-7-5-10-9(6-11(7)15)3-4-12(10)19-14-18-8(2)17-13(16)20-14/h5-6,12H,3-4H2,1-2H3,(H3,16,17,18,19,20)/t12-/m1/s1. The molecule has 0 saturated carbocycles. The van der Waals surface area contributed by atoms with Crippen molar-refractivity contribution in [3.8, 4) is 0 Å². The molecule has 1 atom stereocenters. The lowest BCUT2D eigenvalue weighted by Gasteiger charge is -2.15. The molecule has 2 aromatic rings. The van der Waals surface area contributed by atoms with E-state index in [0.29, 0.717) is 17.3 Å². The van der Waals surface area contributed by atoms with Crippen molar-refractivity contribution in [2.45, 2.75) is 32.7 Å². The highest BCUT2D eigenvalue weighted by Gasteiger charge is 2.24. The molecule has 20 heavy (non-hydrogen) atoms. The lowest BCUT2D eigenvalue weighted by Crippen LogP contribution is -2.12. The lowest BCUT2D eigenvalue weighted by molar-refractivity contribution is 0.616. The minimum absolute atomic E-state index is 0.0884. The normalized spacial score (nSPS) is 17.1. The zero-order valence-corrected chi connectivity index (χ0v) is 11.4. The van der Waals surface area contributed by atoms with E-state index in [9.17, 15) is 4.39 Å². The highest BCUT2D eigenvalue weighted by Crippen LogP contribution is 2.34. The zero-order chi connectivity index (χ0) is 14.3. The van der Waals surface area contributed by atoms with E-state index in [-0.39, 0.29) is 17.8 Å². The van der Waals surface area contributed by atoms with Crippen molar-refractivity contribution in [1.29, 1.82) is 0 Å². The van der Waals surface area contributed by atoms with Crippen molar-refractivity contribution in [3.05, 3.63) is 40.5 Å². The summed E-state index contributed by atoms with van der Waals surface area (Å²) in [6, 6.07) is 3.61. The van der Waals surface area contributed by atoms with Crippen LogP contribution in [0.3, 0.4) is 0 Å². The number of hydrogen-bond acceptors (Lipinski definition) is 5. The molecule has 0 amide bonds. The van der Waals surface area contributed by atoms with Gasteiger partial charge >= 0.3 is 0 Å². The number of nitrogen functional groups attached to an aromatic ring is 1. The fraction of sp³-hybridized carbons (Fsp3) is 0.357. The minimum atomic E-state index is -0.148. The molecule has 1 aromatic carbocycles. The van der Waals surface area contributed by atoms with E-state index in [1.165, 1.54) is 0 Å². The maximum Gasteiger partial charge on any atom is 0.228 e. The Morgan fingerprint density at radius 1 is 1.25 bits per heavy atom. The number of rotatable bonds is 2. The van der Waals surface area contributed by atoms with Crippen LogP contribution in [0.15, 0.2) is 12.1 Å². The van der Waals surface area contributed by atoms with E-state index in [2.05, 4.69) is 20.3 Å². The Kier molecular flexibility index (Phi) is 3.00. The van der Waals surface area contributed by atoms with Gasteiger partial charge in [-0.2, -0.15) is 15.0 Å². The highest BCUT2D eigenvalue weighted by molar-refractivity contribution is 5.43. The Balaban J connectivity index is 1.90. The van der Waals surface area contributed by atoms with Gasteiger partial charge in [0.05, 0.1) is 6.04 Å². The molecule has 3 rings (SSSR count). The number of nitrogens with zero attached hydrogens (tertiary/aromatic N) is 3. The second-order valence-electron chi connectivity index (χ2n) is 5.10. The summed E-state index contributed by atoms with van der Waals surface area (Å²) in [5.74, 6) is 1.10. The number of benzene rings is 1. The first kappa shape index (κ1) is 12.8. The van der Waals surface area contributed by atoms with E-state index in [1.807, 2.05) is 6.07 Å². The summed E-state index contributed by atoms with van der Waals surface area (Å²) < 4.78 is 13.6. The molecule has 1 aliphatic carbocycles. The molecule has 5 nitrogen and oxygen atoms in total. The van der Waals surface area contributed by atoms with Crippen LogP contribution < -0.4 is 11.1 Å². The predicted octanol–water partition coefficient (Wildman–Crippen LogP) is 2.31. The first-order valence-corrected chi connectivity index (χ1v) is 6.56. The summed E-state index contributed by atoms with van der Waals surface area (Å²) in [6.45, 7) is 3.54. The Morgan fingerprint density at radius 2 is 2.05 bits per heavy atom. The molecule has 1 aliphatic rings. The molecule has 0 spiro atoms. The number of halogens is 1. The number of hydrogen-bond donors (Lipinski definition) is 2. The summed E-state index contributed by atoms with van der Waals surface area (Å²) in [4.78, 5) is 12.2. The number of aryl methyl sites for hydroxylation is 3. The van der Waals surface area contributed by atoms with Gasteiger partial charge in [-0.05, 0) is 49.4 Å². The van der Waals surface area contributed by atoms with Crippen LogP contribution in [0.2, 0.25) is 0 Å². The van der Waals surface area contributed by atoms with Crippen molar-refractivity contribution >= 4 is 11.9 Å². The first-order valence-electron chi connectivity index (χ1n) is 6.56. The van der Waals surface area contributed by atoms with Gasteiger partial charge in [-0.15, -0.1) is 0 Å². The first-order chi connectivity index (χ1) is 9.52. The van der Waals surface area contributed by atoms with Gasteiger partial charge in [-0.25, -0.2) is 4.39 Å². The third-order valence-electron chi connectivity index (χ3n) is 3.57. The summed E-state index contributed by atoms with van der Waals surface area (Å²) in [5.41, 5.74) is 8.43. The summed E-state index contributed by atoms with van der Waals surface area (Å²) in [5, 5.41) is 3.26. The SMILES string of the molecule is Cc1nc(N)nc(N[C@@H]2CCc3cc(F)c(C)cc32)n1. The lowest BCUT2D eigenvalue weighted by atomic mass is 10.0.